The lowest BCUT2D eigenvalue weighted by Gasteiger charge is -2.09. The Kier molecular flexibility index (Phi) is 1.39. The fraction of sp³-hybridized carbons (Fsp3) is 0.286. The van der Waals surface area contributed by atoms with E-state index in [9.17, 15) is 4.79 Å². The molecule has 0 aromatic rings. The van der Waals surface area contributed by atoms with Gasteiger partial charge in [-0.3, -0.25) is 9.69 Å². The monoisotopic (exact) mass is 123 g/mol. The smallest absolute Gasteiger partial charge is 0.234 e. The van der Waals surface area contributed by atoms with Crippen LogP contribution in [-0.4, -0.2) is 10.8 Å². The highest BCUT2D eigenvalue weighted by Crippen LogP contribution is 2.14. The van der Waals surface area contributed by atoms with Crippen LogP contribution in [0.4, 0.5) is 0 Å². The van der Waals surface area contributed by atoms with Gasteiger partial charge < -0.3 is 0 Å². The van der Waals surface area contributed by atoms with Gasteiger partial charge in [0.25, 0.3) is 0 Å². The minimum absolute atomic E-state index is 0.113. The Bertz CT molecular complexity index is 181. The number of hydrogen-bond acceptors (Lipinski definition) is 1. The molecule has 1 aliphatic heterocycles. The number of hydrogen-bond donors (Lipinski definition) is 0. The van der Waals surface area contributed by atoms with Gasteiger partial charge >= 0.3 is 0 Å². The standard InChI is InChI=1S/C7H9NO/c1-3-8-6(2)4-5-7(8)9/h3-4H,1,5H2,2H3. The molecule has 0 aromatic carbocycles. The zero-order valence-corrected chi connectivity index (χ0v) is 5.42. The van der Waals surface area contributed by atoms with Crippen LogP contribution < -0.4 is 0 Å². The van der Waals surface area contributed by atoms with Crippen molar-refractivity contribution >= 4 is 5.91 Å². The van der Waals surface area contributed by atoms with Crippen LogP contribution in [0.2, 0.25) is 0 Å². The molecule has 0 fully saturated rings. The van der Waals surface area contributed by atoms with E-state index in [2.05, 4.69) is 6.58 Å². The van der Waals surface area contributed by atoms with Crippen LogP contribution in [0.3, 0.4) is 0 Å². The molecule has 2 nitrogen and oxygen atoms in total. The van der Waals surface area contributed by atoms with E-state index in [-0.39, 0.29) is 5.91 Å². The van der Waals surface area contributed by atoms with E-state index in [4.69, 9.17) is 0 Å². The summed E-state index contributed by atoms with van der Waals surface area (Å²) in [5, 5.41) is 0. The molecular weight excluding hydrogens is 114 g/mol. The summed E-state index contributed by atoms with van der Waals surface area (Å²) in [4.78, 5) is 12.4. The molecular formula is C7H9NO. The van der Waals surface area contributed by atoms with Gasteiger partial charge in [0.1, 0.15) is 0 Å². The van der Waals surface area contributed by atoms with Crippen molar-refractivity contribution in [3.8, 4) is 0 Å². The van der Waals surface area contributed by atoms with E-state index in [1.807, 2.05) is 13.0 Å². The van der Waals surface area contributed by atoms with Gasteiger partial charge in [-0.2, -0.15) is 0 Å². The first-order valence-corrected chi connectivity index (χ1v) is 2.87. The second-order valence-corrected chi connectivity index (χ2v) is 2.00. The van der Waals surface area contributed by atoms with Crippen molar-refractivity contribution < 1.29 is 4.79 Å². The van der Waals surface area contributed by atoms with E-state index in [0.29, 0.717) is 6.42 Å². The molecule has 0 unspecified atom stereocenters. The topological polar surface area (TPSA) is 20.3 Å². The van der Waals surface area contributed by atoms with Crippen molar-refractivity contribution in [3.05, 3.63) is 24.6 Å². The van der Waals surface area contributed by atoms with Crippen LogP contribution in [0.15, 0.2) is 24.6 Å². The Morgan fingerprint density at radius 3 is 2.78 bits per heavy atom. The lowest BCUT2D eigenvalue weighted by molar-refractivity contribution is -0.125. The molecule has 2 heteroatoms. The minimum Gasteiger partial charge on any atom is -0.293 e. The van der Waals surface area contributed by atoms with Gasteiger partial charge in [-0.15, -0.1) is 0 Å². The lowest BCUT2D eigenvalue weighted by atomic mass is 10.4. The van der Waals surface area contributed by atoms with Crippen molar-refractivity contribution in [2.45, 2.75) is 13.3 Å². The molecule has 9 heavy (non-hydrogen) atoms. The average molecular weight is 123 g/mol. The summed E-state index contributed by atoms with van der Waals surface area (Å²) in [5.74, 6) is 0.113. The van der Waals surface area contributed by atoms with Crippen LogP contribution in [-0.2, 0) is 4.79 Å². The SMILES string of the molecule is C=CN1C(=O)CC=C1C. The molecule has 0 saturated heterocycles. The van der Waals surface area contributed by atoms with Crippen LogP contribution in [0, 0.1) is 0 Å². The number of allylic oxidation sites excluding steroid dienone is 1. The lowest BCUT2D eigenvalue weighted by Crippen LogP contribution is -2.16. The quantitative estimate of drug-likeness (QED) is 0.514. The molecule has 0 radical (unpaired) electrons. The highest BCUT2D eigenvalue weighted by Gasteiger charge is 2.16. The summed E-state index contributed by atoms with van der Waals surface area (Å²) in [6.45, 7) is 5.40. The maximum absolute atomic E-state index is 10.8. The van der Waals surface area contributed by atoms with Crippen LogP contribution in [0.5, 0.6) is 0 Å². The fourth-order valence-electron chi connectivity index (χ4n) is 0.874. The third-order valence-electron chi connectivity index (χ3n) is 1.40. The molecule has 0 spiro atoms. The number of carbonyl (C=O) groups excluding carboxylic acids is 1. The average Bonchev–Trinajstić information content (AvgIpc) is 2.12. The Labute approximate surface area is 54.5 Å². The maximum Gasteiger partial charge on any atom is 0.234 e. The first-order chi connectivity index (χ1) is 4.25. The second kappa shape index (κ2) is 2.05. The van der Waals surface area contributed by atoms with E-state index in [1.165, 1.54) is 0 Å². The van der Waals surface area contributed by atoms with Crippen molar-refractivity contribution in [1.82, 2.24) is 4.90 Å². The van der Waals surface area contributed by atoms with Crippen LogP contribution in [0.1, 0.15) is 13.3 Å². The largest absolute Gasteiger partial charge is 0.293 e. The van der Waals surface area contributed by atoms with Crippen molar-refractivity contribution in [3.63, 3.8) is 0 Å². The zero-order valence-electron chi connectivity index (χ0n) is 5.42. The Morgan fingerprint density at radius 2 is 2.56 bits per heavy atom. The molecule has 48 valence electrons. The third-order valence-corrected chi connectivity index (χ3v) is 1.40. The molecule has 0 bridgehead atoms. The van der Waals surface area contributed by atoms with Crippen LogP contribution in [0.25, 0.3) is 0 Å². The molecule has 0 aliphatic carbocycles. The van der Waals surface area contributed by atoms with E-state index >= 15 is 0 Å². The molecule has 0 atom stereocenters. The van der Waals surface area contributed by atoms with E-state index in [1.54, 1.807) is 11.1 Å². The fourth-order valence-corrected chi connectivity index (χ4v) is 0.874. The Morgan fingerprint density at radius 1 is 1.89 bits per heavy atom. The summed E-state index contributed by atoms with van der Waals surface area (Å²) in [6.07, 6.45) is 3.96. The number of nitrogens with zero attached hydrogens (tertiary/aromatic N) is 1. The van der Waals surface area contributed by atoms with Gasteiger partial charge in [-0.1, -0.05) is 12.7 Å². The van der Waals surface area contributed by atoms with Crippen molar-refractivity contribution in [1.29, 1.82) is 0 Å². The molecule has 0 N–H and O–H groups in total. The van der Waals surface area contributed by atoms with Gasteiger partial charge in [0.2, 0.25) is 5.91 Å². The molecule has 1 rings (SSSR count). The van der Waals surface area contributed by atoms with Gasteiger partial charge in [0.15, 0.2) is 0 Å². The van der Waals surface area contributed by atoms with Crippen LogP contribution >= 0.6 is 0 Å². The molecule has 0 aromatic heterocycles. The molecule has 1 amide bonds. The number of carbonyl (C=O) groups is 1. The van der Waals surface area contributed by atoms with Gasteiger partial charge in [-0.25, -0.2) is 0 Å². The summed E-state index contributed by atoms with van der Waals surface area (Å²) in [5.41, 5.74) is 0.981. The first kappa shape index (κ1) is 6.08. The molecule has 1 aliphatic rings. The number of amides is 1. The van der Waals surface area contributed by atoms with Crippen molar-refractivity contribution in [2.24, 2.45) is 0 Å². The number of rotatable bonds is 1. The first-order valence-electron chi connectivity index (χ1n) is 2.87. The van der Waals surface area contributed by atoms with Gasteiger partial charge in [-0.05, 0) is 6.92 Å². The van der Waals surface area contributed by atoms with E-state index in [0.717, 1.165) is 5.70 Å². The summed E-state index contributed by atoms with van der Waals surface area (Å²) < 4.78 is 0. The second-order valence-electron chi connectivity index (χ2n) is 2.00. The maximum atomic E-state index is 10.8. The Balaban J connectivity index is 2.79. The highest BCUT2D eigenvalue weighted by molar-refractivity contribution is 5.83. The summed E-state index contributed by atoms with van der Waals surface area (Å²) >= 11 is 0. The molecule has 1 heterocycles. The third kappa shape index (κ3) is 0.875. The molecule has 0 saturated carbocycles. The van der Waals surface area contributed by atoms with E-state index < -0.39 is 0 Å². The summed E-state index contributed by atoms with van der Waals surface area (Å²) in [6, 6.07) is 0. The zero-order chi connectivity index (χ0) is 6.85. The summed E-state index contributed by atoms with van der Waals surface area (Å²) in [7, 11) is 0. The predicted octanol–water partition coefficient (Wildman–Crippen LogP) is 1.27. The van der Waals surface area contributed by atoms with Gasteiger partial charge in [0, 0.05) is 18.3 Å². The normalized spacial score (nSPS) is 18.1. The van der Waals surface area contributed by atoms with Crippen molar-refractivity contribution in [2.75, 3.05) is 0 Å². The predicted molar refractivity (Wildman–Crippen MR) is 35.4 cm³/mol. The highest BCUT2D eigenvalue weighted by atomic mass is 16.2. The van der Waals surface area contributed by atoms with Gasteiger partial charge in [0.05, 0.1) is 0 Å². The minimum atomic E-state index is 0.113. The Hall–Kier alpha value is -1.05.